The van der Waals surface area contributed by atoms with E-state index in [-0.39, 0.29) is 5.56 Å². The molecule has 5 heterocycles. The van der Waals surface area contributed by atoms with Gasteiger partial charge < -0.3 is 4.74 Å². The van der Waals surface area contributed by atoms with Crippen LogP contribution < -0.4 is 0 Å². The van der Waals surface area contributed by atoms with Gasteiger partial charge in [-0.2, -0.15) is 5.10 Å². The van der Waals surface area contributed by atoms with E-state index >= 15 is 0 Å². The van der Waals surface area contributed by atoms with Crippen LogP contribution in [0.3, 0.4) is 0 Å². The van der Waals surface area contributed by atoms with Crippen LogP contribution in [0, 0.1) is 11.6 Å². The molecule has 0 aliphatic carbocycles. The average Bonchev–Trinajstić information content (AvgIpc) is 3.67. The van der Waals surface area contributed by atoms with Crippen molar-refractivity contribution in [2.75, 3.05) is 32.8 Å². The Hall–Kier alpha value is -5.01. The van der Waals surface area contributed by atoms with Crippen LogP contribution in [0.2, 0.25) is 0 Å². The van der Waals surface area contributed by atoms with Crippen molar-refractivity contribution in [1.29, 1.82) is 0 Å². The normalized spacial score (nSPS) is 14.0. The molecular weight excluding hydrogens is 554 g/mol. The summed E-state index contributed by atoms with van der Waals surface area (Å²) in [6, 6.07) is 11.0. The molecule has 0 N–H and O–H groups in total. The first-order valence-electron chi connectivity index (χ1n) is 13.8. The molecule has 6 aromatic rings. The Kier molecular flexibility index (Phi) is 7.31. The summed E-state index contributed by atoms with van der Waals surface area (Å²) >= 11 is 0. The van der Waals surface area contributed by atoms with Crippen LogP contribution in [0.15, 0.2) is 73.4 Å². The molecule has 1 fully saturated rings. The van der Waals surface area contributed by atoms with E-state index in [4.69, 9.17) is 4.74 Å². The molecule has 11 nitrogen and oxygen atoms in total. The zero-order valence-corrected chi connectivity index (χ0v) is 23.0. The number of morpholine rings is 1. The maximum atomic E-state index is 13.8. The topological polar surface area (TPSA) is 113 Å². The number of benzene rings is 2. The van der Waals surface area contributed by atoms with Crippen molar-refractivity contribution in [3.63, 3.8) is 0 Å². The summed E-state index contributed by atoms with van der Waals surface area (Å²) in [5, 5.41) is 12.8. The second kappa shape index (κ2) is 11.7. The lowest BCUT2D eigenvalue weighted by molar-refractivity contribution is 0.0360. The molecule has 13 heteroatoms. The third-order valence-corrected chi connectivity index (χ3v) is 7.27. The molecule has 1 saturated heterocycles. The second-order valence-electron chi connectivity index (χ2n) is 10.2. The number of nitrogens with zero attached hydrogens (tertiary/aromatic N) is 10. The van der Waals surface area contributed by atoms with E-state index in [1.807, 2.05) is 41.3 Å². The maximum absolute atomic E-state index is 13.8. The van der Waals surface area contributed by atoms with Gasteiger partial charge in [0.1, 0.15) is 11.6 Å². The standard InChI is InChI=1S/C30H26F2N10O/c31-25-11-22(12-26(32)13-25)27-17-35-29-30(37-27)42(39-38-29)18-20-2-1-3-21(10-20)28-33-14-23(15-34-28)24-16-36-41(19-24)5-4-40-6-8-43-9-7-40/h1-3,10-17,19H,4-9,18H2. The minimum Gasteiger partial charge on any atom is -0.379 e. The van der Waals surface area contributed by atoms with E-state index in [0.29, 0.717) is 29.4 Å². The van der Waals surface area contributed by atoms with Crippen molar-refractivity contribution in [3.8, 4) is 33.8 Å². The van der Waals surface area contributed by atoms with Gasteiger partial charge in [-0.15, -0.1) is 5.10 Å². The molecule has 0 unspecified atom stereocenters. The van der Waals surface area contributed by atoms with Gasteiger partial charge in [-0.05, 0) is 23.8 Å². The Morgan fingerprint density at radius 2 is 1.60 bits per heavy atom. The van der Waals surface area contributed by atoms with Crippen molar-refractivity contribution in [3.05, 3.63) is 90.6 Å². The van der Waals surface area contributed by atoms with E-state index < -0.39 is 11.6 Å². The van der Waals surface area contributed by atoms with Gasteiger partial charge in [-0.25, -0.2) is 33.4 Å². The molecule has 7 rings (SSSR count). The summed E-state index contributed by atoms with van der Waals surface area (Å²) in [6.45, 7) is 5.56. The molecule has 0 radical (unpaired) electrons. The second-order valence-corrected chi connectivity index (χ2v) is 10.2. The fraction of sp³-hybridized carbons (Fsp3) is 0.233. The number of ether oxygens (including phenoxy) is 1. The molecule has 1 aliphatic rings. The molecule has 4 aromatic heterocycles. The highest BCUT2D eigenvalue weighted by Gasteiger charge is 2.14. The molecule has 0 spiro atoms. The van der Waals surface area contributed by atoms with Crippen molar-refractivity contribution >= 4 is 11.3 Å². The number of rotatable bonds is 8. The molecule has 2 aromatic carbocycles. The highest BCUT2D eigenvalue weighted by atomic mass is 19.1. The highest BCUT2D eigenvalue weighted by molar-refractivity contribution is 5.70. The van der Waals surface area contributed by atoms with Crippen LogP contribution in [-0.2, 0) is 17.8 Å². The summed E-state index contributed by atoms with van der Waals surface area (Å²) < 4.78 is 36.5. The molecule has 1 aliphatic heterocycles. The predicted octanol–water partition coefficient (Wildman–Crippen LogP) is 3.87. The van der Waals surface area contributed by atoms with Crippen LogP contribution in [0.4, 0.5) is 8.78 Å². The molecule has 216 valence electrons. The van der Waals surface area contributed by atoms with Gasteiger partial charge in [0.05, 0.1) is 44.4 Å². The summed E-state index contributed by atoms with van der Waals surface area (Å²) in [4.78, 5) is 20.4. The average molecular weight is 581 g/mol. The summed E-state index contributed by atoms with van der Waals surface area (Å²) in [7, 11) is 0. The van der Waals surface area contributed by atoms with Crippen molar-refractivity contribution in [2.45, 2.75) is 13.1 Å². The van der Waals surface area contributed by atoms with Crippen LogP contribution in [0.25, 0.3) is 45.1 Å². The Morgan fingerprint density at radius 1 is 0.791 bits per heavy atom. The van der Waals surface area contributed by atoms with Crippen LogP contribution in [0.5, 0.6) is 0 Å². The van der Waals surface area contributed by atoms with Gasteiger partial charge in [-0.1, -0.05) is 23.4 Å². The zero-order valence-electron chi connectivity index (χ0n) is 23.0. The minimum absolute atomic E-state index is 0.280. The first-order chi connectivity index (χ1) is 21.1. The Bertz CT molecular complexity index is 1860. The molecular formula is C30H26F2N10O. The highest BCUT2D eigenvalue weighted by Crippen LogP contribution is 2.23. The fourth-order valence-corrected chi connectivity index (χ4v) is 5.01. The van der Waals surface area contributed by atoms with Gasteiger partial charge in [0.25, 0.3) is 0 Å². The molecule has 0 amide bonds. The largest absolute Gasteiger partial charge is 0.379 e. The summed E-state index contributed by atoms with van der Waals surface area (Å²) in [5.41, 5.74) is 4.95. The first-order valence-corrected chi connectivity index (χ1v) is 13.8. The number of hydrogen-bond donors (Lipinski definition) is 0. The van der Waals surface area contributed by atoms with Crippen LogP contribution in [0.1, 0.15) is 5.56 Å². The third kappa shape index (κ3) is 5.98. The first kappa shape index (κ1) is 26.9. The lowest BCUT2D eigenvalue weighted by Gasteiger charge is -2.26. The van der Waals surface area contributed by atoms with E-state index in [1.165, 1.54) is 18.3 Å². The van der Waals surface area contributed by atoms with Gasteiger partial charge >= 0.3 is 0 Å². The minimum atomic E-state index is -0.690. The SMILES string of the molecule is Fc1cc(F)cc(-c2cnc3nnn(Cc4cccc(-c5ncc(-c6cnn(CCN7CCOCC7)c6)cn5)c4)c3n2)c1. The van der Waals surface area contributed by atoms with Gasteiger partial charge in [0.2, 0.25) is 5.65 Å². The van der Waals surface area contributed by atoms with Gasteiger partial charge in [0.15, 0.2) is 11.5 Å². The number of aromatic nitrogens is 9. The maximum Gasteiger partial charge on any atom is 0.221 e. The molecule has 43 heavy (non-hydrogen) atoms. The van der Waals surface area contributed by atoms with Gasteiger partial charge in [0, 0.05) is 66.5 Å². The van der Waals surface area contributed by atoms with Crippen LogP contribution >= 0.6 is 0 Å². The smallest absolute Gasteiger partial charge is 0.221 e. The lowest BCUT2D eigenvalue weighted by atomic mass is 10.1. The lowest BCUT2D eigenvalue weighted by Crippen LogP contribution is -2.38. The number of hydrogen-bond acceptors (Lipinski definition) is 9. The van der Waals surface area contributed by atoms with Crippen molar-refractivity contribution in [2.24, 2.45) is 0 Å². The number of fused-ring (bicyclic) bond motifs is 1. The van der Waals surface area contributed by atoms with E-state index in [9.17, 15) is 8.78 Å². The quantitative estimate of drug-likeness (QED) is 0.265. The van der Waals surface area contributed by atoms with E-state index in [1.54, 1.807) is 17.1 Å². The summed E-state index contributed by atoms with van der Waals surface area (Å²) in [6.07, 6.45) is 8.87. The fourth-order valence-electron chi connectivity index (χ4n) is 5.01. The summed E-state index contributed by atoms with van der Waals surface area (Å²) in [5.74, 6) is -0.792. The Labute approximate surface area is 244 Å². The van der Waals surface area contributed by atoms with Crippen LogP contribution in [-0.4, -0.2) is 82.5 Å². The molecule has 0 saturated carbocycles. The third-order valence-electron chi connectivity index (χ3n) is 7.27. The monoisotopic (exact) mass is 580 g/mol. The zero-order chi connectivity index (χ0) is 29.2. The predicted molar refractivity (Wildman–Crippen MR) is 154 cm³/mol. The van der Waals surface area contributed by atoms with E-state index in [2.05, 4.69) is 40.2 Å². The van der Waals surface area contributed by atoms with Crippen molar-refractivity contribution < 1.29 is 13.5 Å². The van der Waals surface area contributed by atoms with E-state index in [0.717, 1.165) is 67.7 Å². The Morgan fingerprint density at radius 3 is 2.42 bits per heavy atom. The number of halogens is 2. The molecule has 0 atom stereocenters. The Balaban J connectivity index is 1.06. The van der Waals surface area contributed by atoms with Gasteiger partial charge in [-0.3, -0.25) is 9.58 Å². The van der Waals surface area contributed by atoms with Crippen molar-refractivity contribution in [1.82, 2.24) is 49.6 Å². The molecule has 0 bridgehead atoms.